The largest absolute Gasteiger partial charge is 0.476 e. The molecule has 8 heteroatoms. The summed E-state index contributed by atoms with van der Waals surface area (Å²) < 4.78 is 27.1. The van der Waals surface area contributed by atoms with E-state index in [0.29, 0.717) is 17.7 Å². The second-order valence-electron chi connectivity index (χ2n) is 7.20. The molecule has 0 spiro atoms. The molecule has 2 heterocycles. The van der Waals surface area contributed by atoms with Crippen molar-refractivity contribution in [2.24, 2.45) is 0 Å². The van der Waals surface area contributed by atoms with Crippen LogP contribution in [0.15, 0.2) is 29.2 Å². The van der Waals surface area contributed by atoms with Crippen molar-refractivity contribution < 1.29 is 18.3 Å². The van der Waals surface area contributed by atoms with E-state index in [0.717, 1.165) is 5.56 Å². The molecule has 1 aromatic heterocycles. The lowest BCUT2D eigenvalue weighted by Gasteiger charge is -2.26. The third-order valence-electron chi connectivity index (χ3n) is 4.46. The number of aromatic carboxylic acids is 1. The van der Waals surface area contributed by atoms with Crippen molar-refractivity contribution in [3.63, 3.8) is 0 Å². The molecule has 2 N–H and O–H groups in total. The highest BCUT2D eigenvalue weighted by atomic mass is 32.2. The second kappa shape index (κ2) is 5.96. The Hall–Kier alpha value is -2.19. The number of aromatic nitrogens is 2. The Balaban J connectivity index is 1.87. The van der Waals surface area contributed by atoms with Gasteiger partial charge < -0.3 is 5.11 Å². The van der Waals surface area contributed by atoms with Gasteiger partial charge in [0, 0.05) is 12.1 Å². The summed E-state index contributed by atoms with van der Waals surface area (Å²) in [5, 5.41) is 15.5. The SMILES string of the molecule is CC(C)(C)c1ccc(S(=O)(=O)N2CCc3c(C(=O)O)n[nH]c3C2)cc1. The van der Waals surface area contributed by atoms with Crippen LogP contribution in [-0.4, -0.2) is 40.5 Å². The van der Waals surface area contributed by atoms with E-state index >= 15 is 0 Å². The normalized spacial score (nSPS) is 15.8. The van der Waals surface area contributed by atoms with Gasteiger partial charge in [0.05, 0.1) is 17.1 Å². The number of nitrogens with one attached hydrogen (secondary N) is 1. The van der Waals surface area contributed by atoms with Gasteiger partial charge in [-0.3, -0.25) is 5.10 Å². The first-order valence-electron chi connectivity index (χ1n) is 8.01. The van der Waals surface area contributed by atoms with Crippen LogP contribution < -0.4 is 0 Å². The van der Waals surface area contributed by atoms with Crippen molar-refractivity contribution in [2.75, 3.05) is 6.54 Å². The lowest BCUT2D eigenvalue weighted by atomic mass is 9.87. The maximum atomic E-state index is 12.9. The zero-order valence-electron chi connectivity index (χ0n) is 14.4. The summed E-state index contributed by atoms with van der Waals surface area (Å²) in [7, 11) is -3.64. The second-order valence-corrected chi connectivity index (χ2v) is 9.14. The summed E-state index contributed by atoms with van der Waals surface area (Å²) in [6.07, 6.45) is 0.326. The first kappa shape index (κ1) is 17.6. The predicted molar refractivity (Wildman–Crippen MR) is 92.0 cm³/mol. The van der Waals surface area contributed by atoms with Gasteiger partial charge in [-0.2, -0.15) is 9.40 Å². The highest BCUT2D eigenvalue weighted by molar-refractivity contribution is 7.89. The fourth-order valence-corrected chi connectivity index (χ4v) is 4.36. The van der Waals surface area contributed by atoms with Crippen molar-refractivity contribution in [3.05, 3.63) is 46.8 Å². The number of rotatable bonds is 3. The molecule has 0 aliphatic carbocycles. The molecule has 2 aromatic rings. The van der Waals surface area contributed by atoms with E-state index in [1.807, 2.05) is 12.1 Å². The standard InChI is InChI=1S/C17H21N3O4S/c1-17(2,3)11-4-6-12(7-5-11)25(23,24)20-9-8-13-14(10-20)18-19-15(13)16(21)22/h4-7H,8-10H2,1-3H3,(H,18,19)(H,21,22). The molecule has 0 amide bonds. The maximum absolute atomic E-state index is 12.9. The number of aromatic amines is 1. The summed E-state index contributed by atoms with van der Waals surface area (Å²) in [5.74, 6) is -1.11. The molecular weight excluding hydrogens is 342 g/mol. The van der Waals surface area contributed by atoms with E-state index in [2.05, 4.69) is 31.0 Å². The summed E-state index contributed by atoms with van der Waals surface area (Å²) in [6, 6.07) is 6.92. The van der Waals surface area contributed by atoms with E-state index in [9.17, 15) is 13.2 Å². The minimum atomic E-state index is -3.64. The monoisotopic (exact) mass is 363 g/mol. The first-order chi connectivity index (χ1) is 11.6. The van der Waals surface area contributed by atoms with Crippen molar-refractivity contribution in [2.45, 2.75) is 44.0 Å². The number of sulfonamides is 1. The number of hydrogen-bond donors (Lipinski definition) is 2. The van der Waals surface area contributed by atoms with Gasteiger partial charge in [0.2, 0.25) is 10.0 Å². The minimum absolute atomic E-state index is 0.0263. The molecule has 0 unspecified atom stereocenters. The van der Waals surface area contributed by atoms with E-state index in [4.69, 9.17) is 5.11 Å². The molecule has 0 saturated heterocycles. The highest BCUT2D eigenvalue weighted by Gasteiger charge is 2.32. The van der Waals surface area contributed by atoms with E-state index < -0.39 is 16.0 Å². The molecule has 7 nitrogen and oxygen atoms in total. The average Bonchev–Trinajstić information content (AvgIpc) is 2.97. The summed E-state index contributed by atoms with van der Waals surface area (Å²) >= 11 is 0. The van der Waals surface area contributed by atoms with Crippen LogP contribution in [0.5, 0.6) is 0 Å². The summed E-state index contributed by atoms with van der Waals surface area (Å²) in [6.45, 7) is 6.54. The van der Waals surface area contributed by atoms with Crippen LogP contribution in [0.2, 0.25) is 0 Å². The quantitative estimate of drug-likeness (QED) is 0.870. The highest BCUT2D eigenvalue weighted by Crippen LogP contribution is 2.28. The van der Waals surface area contributed by atoms with Crippen LogP contribution in [0, 0.1) is 0 Å². The zero-order valence-corrected chi connectivity index (χ0v) is 15.2. The van der Waals surface area contributed by atoms with Gasteiger partial charge in [0.1, 0.15) is 0 Å². The molecule has 3 rings (SSSR count). The number of carboxylic acid groups (broad SMARTS) is 1. The fourth-order valence-electron chi connectivity index (χ4n) is 2.95. The van der Waals surface area contributed by atoms with Gasteiger partial charge in [-0.15, -0.1) is 0 Å². The van der Waals surface area contributed by atoms with Gasteiger partial charge in [0.25, 0.3) is 0 Å². The van der Waals surface area contributed by atoms with Gasteiger partial charge >= 0.3 is 5.97 Å². The van der Waals surface area contributed by atoms with E-state index in [1.165, 1.54) is 4.31 Å². The summed E-state index contributed by atoms with van der Waals surface area (Å²) in [5.41, 5.74) is 2.11. The number of nitrogens with zero attached hydrogens (tertiary/aromatic N) is 2. The predicted octanol–water partition coefficient (Wildman–Crippen LogP) is 2.15. The number of benzene rings is 1. The number of H-pyrrole nitrogens is 1. The molecule has 1 aliphatic heterocycles. The molecular formula is C17H21N3O4S. The molecule has 1 aliphatic rings. The van der Waals surface area contributed by atoms with Crippen LogP contribution in [0.4, 0.5) is 0 Å². The maximum Gasteiger partial charge on any atom is 0.356 e. The molecule has 0 atom stereocenters. The zero-order chi connectivity index (χ0) is 18.4. The van der Waals surface area contributed by atoms with Crippen LogP contribution in [0.25, 0.3) is 0 Å². The van der Waals surface area contributed by atoms with Crippen molar-refractivity contribution >= 4 is 16.0 Å². The molecule has 134 valence electrons. The van der Waals surface area contributed by atoms with Crippen LogP contribution in [0.1, 0.15) is 48.1 Å². The Labute approximate surface area is 146 Å². The molecule has 0 radical (unpaired) electrons. The third kappa shape index (κ3) is 3.19. The van der Waals surface area contributed by atoms with Crippen LogP contribution >= 0.6 is 0 Å². The molecule has 0 bridgehead atoms. The Morgan fingerprint density at radius 2 is 1.88 bits per heavy atom. The smallest absolute Gasteiger partial charge is 0.356 e. The molecule has 25 heavy (non-hydrogen) atoms. The Morgan fingerprint density at radius 1 is 1.24 bits per heavy atom. The molecule has 0 fully saturated rings. The number of fused-ring (bicyclic) bond motifs is 1. The first-order valence-corrected chi connectivity index (χ1v) is 9.45. The fraction of sp³-hybridized carbons (Fsp3) is 0.412. The van der Waals surface area contributed by atoms with Crippen molar-refractivity contribution in [3.8, 4) is 0 Å². The Kier molecular flexibility index (Phi) is 4.20. The minimum Gasteiger partial charge on any atom is -0.476 e. The molecule has 0 saturated carbocycles. The third-order valence-corrected chi connectivity index (χ3v) is 6.32. The lowest BCUT2D eigenvalue weighted by Crippen LogP contribution is -2.36. The lowest BCUT2D eigenvalue weighted by molar-refractivity contribution is 0.0689. The van der Waals surface area contributed by atoms with Gasteiger partial charge in [0.15, 0.2) is 5.69 Å². The van der Waals surface area contributed by atoms with Crippen LogP contribution in [-0.2, 0) is 28.4 Å². The Bertz CT molecular complexity index is 908. The van der Waals surface area contributed by atoms with Gasteiger partial charge in [-0.05, 0) is 29.5 Å². The Morgan fingerprint density at radius 3 is 2.44 bits per heavy atom. The van der Waals surface area contributed by atoms with Gasteiger partial charge in [-0.25, -0.2) is 13.2 Å². The topological polar surface area (TPSA) is 103 Å². The van der Waals surface area contributed by atoms with Crippen molar-refractivity contribution in [1.82, 2.24) is 14.5 Å². The average molecular weight is 363 g/mol. The summed E-state index contributed by atoms with van der Waals surface area (Å²) in [4.78, 5) is 11.4. The van der Waals surface area contributed by atoms with Gasteiger partial charge in [-0.1, -0.05) is 32.9 Å². The number of carbonyl (C=O) groups is 1. The number of carboxylic acids is 1. The van der Waals surface area contributed by atoms with Crippen LogP contribution in [0.3, 0.4) is 0 Å². The molecule has 1 aromatic carbocycles. The van der Waals surface area contributed by atoms with Crippen molar-refractivity contribution in [1.29, 1.82) is 0 Å². The number of hydrogen-bond acceptors (Lipinski definition) is 4. The van der Waals surface area contributed by atoms with E-state index in [1.54, 1.807) is 12.1 Å². The van der Waals surface area contributed by atoms with E-state index in [-0.39, 0.29) is 29.1 Å².